The van der Waals surface area contributed by atoms with Gasteiger partial charge in [0.1, 0.15) is 12.4 Å². The first-order valence-corrected chi connectivity index (χ1v) is 7.76. The largest absolute Gasteiger partial charge is 1.00 e. The highest BCUT2D eigenvalue weighted by Gasteiger charge is 2.03. The first kappa shape index (κ1) is 18.0. The lowest BCUT2D eigenvalue weighted by atomic mass is 10.2. The number of benzene rings is 2. The van der Waals surface area contributed by atoms with Gasteiger partial charge in [-0.15, -0.1) is 0 Å². The normalized spacial score (nSPS) is 10.0. The molecule has 0 atom stereocenters. The van der Waals surface area contributed by atoms with E-state index >= 15 is 0 Å². The molecule has 0 aliphatic rings. The second-order valence-electron chi connectivity index (χ2n) is 5.34. The summed E-state index contributed by atoms with van der Waals surface area (Å²) in [5, 5.41) is 3.45. The maximum absolute atomic E-state index is 5.98. The summed E-state index contributed by atoms with van der Waals surface area (Å²) in [6.45, 7) is 2.17. The number of aromatic nitrogens is 1. The number of halogens is 1. The van der Waals surface area contributed by atoms with Gasteiger partial charge in [-0.3, -0.25) is 4.98 Å². The van der Waals surface area contributed by atoms with Crippen LogP contribution < -0.4 is 22.5 Å². The minimum absolute atomic E-state index is 0. The van der Waals surface area contributed by atoms with E-state index in [9.17, 15) is 0 Å². The van der Waals surface area contributed by atoms with Gasteiger partial charge >= 0.3 is 0 Å². The average molecular weight is 340 g/mol. The van der Waals surface area contributed by atoms with Crippen LogP contribution in [-0.4, -0.2) is 4.98 Å². The van der Waals surface area contributed by atoms with Crippen LogP contribution in [0.15, 0.2) is 79.1 Å². The third-order valence-electron chi connectivity index (χ3n) is 3.60. The molecule has 0 bridgehead atoms. The standard InChI is InChI=1S/C20H20N2O.ClH/c1-2-6-18(7-3-1)16-23-20-9-5-4-8-19(20)15-22-14-17-10-12-21-13-11-17;/h1-13,22H,14-16H2;1H/p-1. The van der Waals surface area contributed by atoms with Gasteiger partial charge in [-0.05, 0) is 29.3 Å². The van der Waals surface area contributed by atoms with E-state index in [4.69, 9.17) is 4.74 Å². The first-order valence-electron chi connectivity index (χ1n) is 7.76. The summed E-state index contributed by atoms with van der Waals surface area (Å²) in [4.78, 5) is 4.03. The molecule has 0 amide bonds. The van der Waals surface area contributed by atoms with Gasteiger partial charge in [-0.25, -0.2) is 0 Å². The van der Waals surface area contributed by atoms with Crippen molar-refractivity contribution in [2.24, 2.45) is 0 Å². The molecule has 0 aliphatic heterocycles. The monoisotopic (exact) mass is 339 g/mol. The molecule has 0 aliphatic carbocycles. The van der Waals surface area contributed by atoms with E-state index in [-0.39, 0.29) is 12.4 Å². The van der Waals surface area contributed by atoms with Gasteiger partial charge in [-0.2, -0.15) is 0 Å². The highest BCUT2D eigenvalue weighted by Crippen LogP contribution is 2.19. The van der Waals surface area contributed by atoms with Crippen molar-refractivity contribution in [1.82, 2.24) is 10.3 Å². The van der Waals surface area contributed by atoms with Crippen LogP contribution in [0.3, 0.4) is 0 Å². The van der Waals surface area contributed by atoms with Crippen LogP contribution >= 0.6 is 0 Å². The van der Waals surface area contributed by atoms with Crippen LogP contribution in [0, 0.1) is 0 Å². The van der Waals surface area contributed by atoms with Crippen LogP contribution in [0.25, 0.3) is 0 Å². The van der Waals surface area contributed by atoms with Gasteiger partial charge in [0.05, 0.1) is 0 Å². The van der Waals surface area contributed by atoms with Crippen molar-refractivity contribution in [2.75, 3.05) is 0 Å². The molecule has 0 unspecified atom stereocenters. The molecule has 1 N–H and O–H groups in total. The zero-order valence-corrected chi connectivity index (χ0v) is 14.1. The predicted octanol–water partition coefficient (Wildman–Crippen LogP) is 0.954. The van der Waals surface area contributed by atoms with Crippen molar-refractivity contribution in [3.63, 3.8) is 0 Å². The number of para-hydroxylation sites is 1. The SMILES string of the molecule is [Cl-].c1ccc(COc2ccccc2CNCc2ccncc2)cc1. The van der Waals surface area contributed by atoms with E-state index in [0.29, 0.717) is 6.61 Å². The van der Waals surface area contributed by atoms with Crippen molar-refractivity contribution in [3.05, 3.63) is 95.8 Å². The quantitative estimate of drug-likeness (QED) is 0.696. The number of nitrogens with zero attached hydrogens (tertiary/aromatic N) is 1. The summed E-state index contributed by atoms with van der Waals surface area (Å²) in [7, 11) is 0. The van der Waals surface area contributed by atoms with Gasteiger partial charge in [0.25, 0.3) is 0 Å². The zero-order valence-electron chi connectivity index (χ0n) is 13.4. The van der Waals surface area contributed by atoms with Crippen LogP contribution in [0.1, 0.15) is 16.7 Å². The van der Waals surface area contributed by atoms with E-state index in [0.717, 1.165) is 24.4 Å². The molecule has 3 rings (SSSR count). The van der Waals surface area contributed by atoms with Gasteiger partial charge in [0.2, 0.25) is 0 Å². The van der Waals surface area contributed by atoms with E-state index in [1.165, 1.54) is 11.1 Å². The summed E-state index contributed by atoms with van der Waals surface area (Å²) in [6.07, 6.45) is 3.63. The second-order valence-corrected chi connectivity index (χ2v) is 5.34. The van der Waals surface area contributed by atoms with Gasteiger partial charge in [0.15, 0.2) is 0 Å². The fourth-order valence-corrected chi connectivity index (χ4v) is 2.37. The molecule has 0 radical (unpaired) electrons. The molecule has 0 fully saturated rings. The topological polar surface area (TPSA) is 34.1 Å². The number of hydrogen-bond donors (Lipinski definition) is 1. The third-order valence-corrected chi connectivity index (χ3v) is 3.60. The number of pyridine rings is 1. The molecule has 4 heteroatoms. The molecule has 1 heterocycles. The first-order chi connectivity index (χ1) is 11.4. The number of nitrogens with one attached hydrogen (secondary N) is 1. The molecule has 0 saturated carbocycles. The van der Waals surface area contributed by atoms with Crippen LogP contribution in [-0.2, 0) is 19.7 Å². The Kier molecular flexibility index (Phi) is 7.27. The van der Waals surface area contributed by atoms with Gasteiger partial charge in [0, 0.05) is 31.0 Å². The fourth-order valence-electron chi connectivity index (χ4n) is 2.37. The highest BCUT2D eigenvalue weighted by molar-refractivity contribution is 5.33. The Morgan fingerprint density at radius 3 is 2.25 bits per heavy atom. The van der Waals surface area contributed by atoms with Crippen LogP contribution in [0.4, 0.5) is 0 Å². The van der Waals surface area contributed by atoms with Crippen LogP contribution in [0.2, 0.25) is 0 Å². The summed E-state index contributed by atoms with van der Waals surface area (Å²) in [5.74, 6) is 0.929. The van der Waals surface area contributed by atoms with Gasteiger partial charge in [-0.1, -0.05) is 48.5 Å². The molecule has 3 nitrogen and oxygen atoms in total. The Labute approximate surface area is 149 Å². The van der Waals surface area contributed by atoms with Crippen molar-refractivity contribution in [3.8, 4) is 5.75 Å². The predicted molar refractivity (Wildman–Crippen MR) is 92.0 cm³/mol. The average Bonchev–Trinajstić information content (AvgIpc) is 2.63. The van der Waals surface area contributed by atoms with E-state index in [1.54, 1.807) is 0 Å². The Morgan fingerprint density at radius 1 is 0.750 bits per heavy atom. The Bertz CT molecular complexity index is 720. The lowest BCUT2D eigenvalue weighted by Crippen LogP contribution is -3.00. The third kappa shape index (κ3) is 5.37. The summed E-state index contributed by atoms with van der Waals surface area (Å²) >= 11 is 0. The van der Waals surface area contributed by atoms with Gasteiger partial charge < -0.3 is 22.5 Å². The second kappa shape index (κ2) is 9.71. The summed E-state index contributed by atoms with van der Waals surface area (Å²) in [6, 6.07) is 22.4. The van der Waals surface area contributed by atoms with Crippen molar-refractivity contribution >= 4 is 0 Å². The molecule has 3 aromatic rings. The Hall–Kier alpha value is -2.36. The van der Waals surface area contributed by atoms with Crippen molar-refractivity contribution in [1.29, 1.82) is 0 Å². The Balaban J connectivity index is 0.00000208. The molecule has 0 saturated heterocycles. The lowest BCUT2D eigenvalue weighted by Gasteiger charge is -2.12. The highest BCUT2D eigenvalue weighted by atomic mass is 35.5. The smallest absolute Gasteiger partial charge is 0.124 e. The number of rotatable bonds is 7. The maximum Gasteiger partial charge on any atom is 0.124 e. The van der Waals surface area contributed by atoms with Crippen molar-refractivity contribution < 1.29 is 17.1 Å². The molecule has 124 valence electrons. The molecular weight excluding hydrogens is 320 g/mol. The number of ether oxygens (including phenoxy) is 1. The summed E-state index contributed by atoms with van der Waals surface area (Å²) in [5.41, 5.74) is 3.56. The number of hydrogen-bond acceptors (Lipinski definition) is 3. The van der Waals surface area contributed by atoms with Crippen LogP contribution in [0.5, 0.6) is 5.75 Å². The minimum atomic E-state index is 0. The van der Waals surface area contributed by atoms with E-state index < -0.39 is 0 Å². The van der Waals surface area contributed by atoms with Crippen molar-refractivity contribution in [2.45, 2.75) is 19.7 Å². The Morgan fingerprint density at radius 2 is 1.46 bits per heavy atom. The zero-order chi connectivity index (χ0) is 15.7. The molecule has 0 spiro atoms. The van der Waals surface area contributed by atoms with E-state index in [2.05, 4.69) is 28.5 Å². The van der Waals surface area contributed by atoms with E-state index in [1.807, 2.05) is 60.9 Å². The molecule has 1 aromatic heterocycles. The molecule has 24 heavy (non-hydrogen) atoms. The lowest BCUT2D eigenvalue weighted by molar-refractivity contribution is -0.00000503. The minimum Gasteiger partial charge on any atom is -1.00 e. The summed E-state index contributed by atoms with van der Waals surface area (Å²) < 4.78 is 5.98. The molecular formula is C20H20ClN2O-. The molecule has 2 aromatic carbocycles. The maximum atomic E-state index is 5.98. The fraction of sp³-hybridized carbons (Fsp3) is 0.150.